The van der Waals surface area contributed by atoms with Crippen molar-refractivity contribution in [1.29, 1.82) is 0 Å². The van der Waals surface area contributed by atoms with Gasteiger partial charge in [-0.1, -0.05) is 41.9 Å². The third kappa shape index (κ3) is 4.66. The van der Waals surface area contributed by atoms with E-state index >= 15 is 0 Å². The maximum absolute atomic E-state index is 11.7. The Morgan fingerprint density at radius 3 is 2.61 bits per heavy atom. The smallest absolute Gasteiger partial charge is 0.353 e. The quantitative estimate of drug-likeness (QED) is 0.426. The third-order valence-corrected chi connectivity index (χ3v) is 4.20. The number of halogens is 1. The third-order valence-electron chi connectivity index (χ3n) is 3.97. The normalized spacial score (nSPS) is 10.4. The van der Waals surface area contributed by atoms with Gasteiger partial charge in [-0.25, -0.2) is 9.97 Å². The highest BCUT2D eigenvalue weighted by Gasteiger charge is 2.23. The Balaban J connectivity index is 1.83. The van der Waals surface area contributed by atoms with Crippen LogP contribution in [0.2, 0.25) is 5.02 Å². The van der Waals surface area contributed by atoms with Crippen molar-refractivity contribution in [3.63, 3.8) is 0 Å². The minimum absolute atomic E-state index is 0.0442. The molecule has 0 radical (unpaired) electrons. The lowest BCUT2D eigenvalue weighted by atomic mass is 10.1. The summed E-state index contributed by atoms with van der Waals surface area (Å²) in [5.74, 6) is 0.665. The zero-order valence-electron chi connectivity index (χ0n) is 15.1. The topological polar surface area (TPSA) is 102 Å². The number of aromatic nitrogens is 2. The van der Waals surface area contributed by atoms with Crippen molar-refractivity contribution >= 4 is 34.6 Å². The van der Waals surface area contributed by atoms with Gasteiger partial charge in [-0.2, -0.15) is 0 Å². The summed E-state index contributed by atoms with van der Waals surface area (Å²) in [4.78, 5) is 19.2. The summed E-state index contributed by atoms with van der Waals surface area (Å²) in [6, 6.07) is 14.8. The number of hydrogen-bond acceptors (Lipinski definition) is 7. The molecule has 9 heteroatoms. The van der Waals surface area contributed by atoms with Gasteiger partial charge in [0.25, 0.3) is 0 Å². The molecule has 28 heavy (non-hydrogen) atoms. The van der Waals surface area contributed by atoms with Crippen LogP contribution in [0.4, 0.5) is 23.0 Å². The lowest BCUT2D eigenvalue weighted by Crippen LogP contribution is -2.11. The Bertz CT molecular complexity index is 969. The molecule has 3 rings (SSSR count). The molecular weight excluding hydrogens is 382 g/mol. The van der Waals surface area contributed by atoms with Crippen LogP contribution in [-0.4, -0.2) is 28.5 Å². The molecular formula is C19H18ClN5O3. The molecule has 1 aromatic heterocycles. The molecule has 0 fully saturated rings. The molecule has 2 aromatic carbocycles. The molecule has 0 unspecified atom stereocenters. The van der Waals surface area contributed by atoms with Crippen LogP contribution < -0.4 is 15.4 Å². The van der Waals surface area contributed by atoms with Crippen LogP contribution in [0.25, 0.3) is 0 Å². The highest BCUT2D eigenvalue weighted by atomic mass is 35.5. The molecule has 0 amide bonds. The van der Waals surface area contributed by atoms with Crippen LogP contribution in [0, 0.1) is 10.1 Å². The van der Waals surface area contributed by atoms with Crippen LogP contribution in [0.5, 0.6) is 5.75 Å². The summed E-state index contributed by atoms with van der Waals surface area (Å²) in [7, 11) is 1.50. The Hall–Kier alpha value is -3.39. The van der Waals surface area contributed by atoms with Gasteiger partial charge in [0.1, 0.15) is 12.1 Å². The first kappa shape index (κ1) is 19.4. The van der Waals surface area contributed by atoms with Crippen molar-refractivity contribution in [2.24, 2.45) is 0 Å². The number of nitro groups is 1. The molecule has 0 saturated heterocycles. The minimum Gasteiger partial charge on any atom is -0.495 e. The van der Waals surface area contributed by atoms with Gasteiger partial charge in [-0.3, -0.25) is 10.1 Å². The fourth-order valence-electron chi connectivity index (χ4n) is 2.65. The maximum atomic E-state index is 11.7. The van der Waals surface area contributed by atoms with Crippen molar-refractivity contribution in [1.82, 2.24) is 9.97 Å². The van der Waals surface area contributed by atoms with E-state index in [0.29, 0.717) is 29.4 Å². The molecule has 0 atom stereocenters. The van der Waals surface area contributed by atoms with Crippen LogP contribution in [0.3, 0.4) is 0 Å². The molecule has 8 nitrogen and oxygen atoms in total. The van der Waals surface area contributed by atoms with Gasteiger partial charge in [0.2, 0.25) is 11.6 Å². The van der Waals surface area contributed by atoms with E-state index in [0.717, 1.165) is 5.56 Å². The largest absolute Gasteiger partial charge is 0.495 e. The van der Waals surface area contributed by atoms with E-state index in [-0.39, 0.29) is 17.3 Å². The Morgan fingerprint density at radius 1 is 1.14 bits per heavy atom. The van der Waals surface area contributed by atoms with Crippen LogP contribution in [0.1, 0.15) is 5.56 Å². The predicted octanol–water partition coefficient (Wildman–Crippen LogP) is 4.45. The number of ether oxygens (including phenoxy) is 1. The van der Waals surface area contributed by atoms with Gasteiger partial charge in [-0.05, 0) is 30.2 Å². The number of hydrogen-bond donors (Lipinski definition) is 2. The number of nitrogens with zero attached hydrogens (tertiary/aromatic N) is 3. The summed E-state index contributed by atoms with van der Waals surface area (Å²) in [6.07, 6.45) is 1.96. The minimum atomic E-state index is -0.524. The number of benzene rings is 2. The molecule has 0 aliphatic carbocycles. The van der Waals surface area contributed by atoms with Crippen molar-refractivity contribution < 1.29 is 9.66 Å². The van der Waals surface area contributed by atoms with E-state index in [9.17, 15) is 10.1 Å². The predicted molar refractivity (Wildman–Crippen MR) is 109 cm³/mol. The zero-order chi connectivity index (χ0) is 19.9. The lowest BCUT2D eigenvalue weighted by molar-refractivity contribution is -0.383. The standard InChI is InChI=1S/C19H18ClN5O3/c1-28-16-8-7-14(20)11-15(16)24-19-17(25(26)27)18(22-12-23-19)21-10-9-13-5-3-2-4-6-13/h2-8,11-12H,9-10H2,1H3,(H2,21,22,23,24). The van der Waals surface area contributed by atoms with E-state index in [1.54, 1.807) is 18.2 Å². The highest BCUT2D eigenvalue weighted by Crippen LogP contribution is 2.35. The number of methoxy groups -OCH3 is 1. The second-order valence-electron chi connectivity index (χ2n) is 5.81. The lowest BCUT2D eigenvalue weighted by Gasteiger charge is -2.12. The molecule has 0 aliphatic heterocycles. The van der Waals surface area contributed by atoms with Crippen LogP contribution >= 0.6 is 11.6 Å². The highest BCUT2D eigenvalue weighted by molar-refractivity contribution is 6.31. The first-order valence-electron chi connectivity index (χ1n) is 8.46. The second-order valence-corrected chi connectivity index (χ2v) is 6.25. The molecule has 0 saturated carbocycles. The summed E-state index contributed by atoms with van der Waals surface area (Å²) < 4.78 is 5.27. The van der Waals surface area contributed by atoms with Crippen LogP contribution in [-0.2, 0) is 6.42 Å². The molecule has 1 heterocycles. The van der Waals surface area contributed by atoms with Crippen molar-refractivity contribution in [2.45, 2.75) is 6.42 Å². The summed E-state index contributed by atoms with van der Waals surface area (Å²) >= 11 is 6.03. The fraction of sp³-hybridized carbons (Fsp3) is 0.158. The van der Waals surface area contributed by atoms with Crippen molar-refractivity contribution in [3.05, 3.63) is 75.6 Å². The van der Waals surface area contributed by atoms with Crippen LogP contribution in [0.15, 0.2) is 54.9 Å². The zero-order valence-corrected chi connectivity index (χ0v) is 15.8. The van der Waals surface area contributed by atoms with E-state index in [2.05, 4.69) is 20.6 Å². The SMILES string of the molecule is COc1ccc(Cl)cc1Nc1ncnc(NCCc2ccccc2)c1[N+](=O)[O-]. The molecule has 0 bridgehead atoms. The monoisotopic (exact) mass is 399 g/mol. The summed E-state index contributed by atoms with van der Waals surface area (Å²) in [5.41, 5.74) is 1.33. The second kappa shape index (κ2) is 9.01. The van der Waals surface area contributed by atoms with Crippen molar-refractivity contribution in [3.8, 4) is 5.75 Å². The van der Waals surface area contributed by atoms with Gasteiger partial charge in [0, 0.05) is 11.6 Å². The fourth-order valence-corrected chi connectivity index (χ4v) is 2.82. The van der Waals surface area contributed by atoms with Gasteiger partial charge in [0.15, 0.2) is 0 Å². The summed E-state index contributed by atoms with van der Waals surface area (Å²) in [5, 5.41) is 18.1. The average molecular weight is 400 g/mol. The Labute approximate surface area is 166 Å². The van der Waals surface area contributed by atoms with Gasteiger partial charge in [0.05, 0.1) is 17.7 Å². The van der Waals surface area contributed by atoms with E-state index in [4.69, 9.17) is 16.3 Å². The average Bonchev–Trinajstić information content (AvgIpc) is 2.69. The molecule has 3 aromatic rings. The van der Waals surface area contributed by atoms with E-state index in [1.165, 1.54) is 13.4 Å². The van der Waals surface area contributed by atoms with E-state index in [1.807, 2.05) is 30.3 Å². The first-order valence-corrected chi connectivity index (χ1v) is 8.84. The first-order chi connectivity index (χ1) is 13.6. The van der Waals surface area contributed by atoms with E-state index < -0.39 is 4.92 Å². The molecule has 0 aliphatic rings. The molecule has 2 N–H and O–H groups in total. The molecule has 0 spiro atoms. The Kier molecular flexibility index (Phi) is 6.23. The maximum Gasteiger partial charge on any atom is 0.353 e. The number of rotatable bonds is 8. The number of nitrogens with one attached hydrogen (secondary N) is 2. The van der Waals surface area contributed by atoms with Crippen molar-refractivity contribution in [2.75, 3.05) is 24.3 Å². The van der Waals surface area contributed by atoms with Gasteiger partial charge in [-0.15, -0.1) is 0 Å². The number of anilines is 3. The van der Waals surface area contributed by atoms with Gasteiger partial charge < -0.3 is 15.4 Å². The molecule has 144 valence electrons. The summed E-state index contributed by atoms with van der Waals surface area (Å²) in [6.45, 7) is 0.488. The van der Waals surface area contributed by atoms with Gasteiger partial charge >= 0.3 is 5.69 Å². The Morgan fingerprint density at radius 2 is 1.89 bits per heavy atom.